The van der Waals surface area contributed by atoms with Crippen molar-refractivity contribution in [3.05, 3.63) is 23.1 Å². The molecule has 0 unspecified atom stereocenters. The molecule has 1 aromatic heterocycles. The van der Waals surface area contributed by atoms with E-state index in [0.29, 0.717) is 11.4 Å². The first kappa shape index (κ1) is 9.44. The molecule has 4 nitrogen and oxygen atoms in total. The van der Waals surface area contributed by atoms with Crippen LogP contribution in [0.3, 0.4) is 0 Å². The Morgan fingerprint density at radius 2 is 2.31 bits per heavy atom. The Labute approximate surface area is 74.4 Å². The molecule has 70 valence electrons. The van der Waals surface area contributed by atoms with Crippen LogP contribution in [0.5, 0.6) is 0 Å². The van der Waals surface area contributed by atoms with E-state index in [4.69, 9.17) is 5.11 Å². The lowest BCUT2D eigenvalue weighted by Gasteiger charge is -2.05. The van der Waals surface area contributed by atoms with Crippen molar-refractivity contribution in [2.75, 3.05) is 12.4 Å². The molecule has 0 amide bonds. The van der Waals surface area contributed by atoms with Crippen LogP contribution in [0.1, 0.15) is 16.1 Å². The molecule has 0 radical (unpaired) electrons. The molecule has 0 saturated heterocycles. The highest BCUT2D eigenvalue weighted by atomic mass is 19.1. The maximum atomic E-state index is 12.9. The second kappa shape index (κ2) is 3.38. The van der Waals surface area contributed by atoms with Gasteiger partial charge in [0.1, 0.15) is 5.82 Å². The summed E-state index contributed by atoms with van der Waals surface area (Å²) >= 11 is 0. The minimum atomic E-state index is -1.37. The predicted octanol–water partition coefficient (Wildman–Crippen LogP) is 1.27. The quantitative estimate of drug-likeness (QED) is 0.726. The maximum Gasteiger partial charge on any atom is 0.357 e. The minimum absolute atomic E-state index is 0.374. The van der Waals surface area contributed by atoms with Crippen LogP contribution in [0.2, 0.25) is 0 Å². The Balaban J connectivity index is 3.30. The maximum absolute atomic E-state index is 12.9. The number of carbonyl (C=O) groups is 1. The molecular formula is C8H9FN2O2. The van der Waals surface area contributed by atoms with E-state index in [0.717, 1.165) is 6.07 Å². The molecule has 0 bridgehead atoms. The summed E-state index contributed by atoms with van der Waals surface area (Å²) in [6, 6.07) is 1.14. The average molecular weight is 184 g/mol. The van der Waals surface area contributed by atoms with Crippen molar-refractivity contribution in [2.45, 2.75) is 6.92 Å². The van der Waals surface area contributed by atoms with E-state index in [2.05, 4.69) is 10.3 Å². The first-order valence-electron chi connectivity index (χ1n) is 3.64. The third kappa shape index (κ3) is 1.74. The SMILES string of the molecule is CNc1nc(C(=O)O)c(F)cc1C. The van der Waals surface area contributed by atoms with Gasteiger partial charge >= 0.3 is 5.97 Å². The number of aromatic carboxylic acids is 1. The fourth-order valence-corrected chi connectivity index (χ4v) is 0.983. The number of hydrogen-bond acceptors (Lipinski definition) is 3. The van der Waals surface area contributed by atoms with Crippen molar-refractivity contribution in [1.82, 2.24) is 4.98 Å². The molecule has 0 spiro atoms. The van der Waals surface area contributed by atoms with Gasteiger partial charge in [-0.3, -0.25) is 0 Å². The van der Waals surface area contributed by atoms with Gasteiger partial charge in [-0.05, 0) is 18.6 Å². The number of aryl methyl sites for hydroxylation is 1. The molecular weight excluding hydrogens is 175 g/mol. The lowest BCUT2D eigenvalue weighted by molar-refractivity contribution is 0.0685. The number of aromatic nitrogens is 1. The fourth-order valence-electron chi connectivity index (χ4n) is 0.983. The molecule has 1 aromatic rings. The van der Waals surface area contributed by atoms with Crippen molar-refractivity contribution in [2.24, 2.45) is 0 Å². The molecule has 0 aliphatic carbocycles. The summed E-state index contributed by atoms with van der Waals surface area (Å²) < 4.78 is 12.9. The van der Waals surface area contributed by atoms with E-state index in [1.54, 1.807) is 14.0 Å². The highest BCUT2D eigenvalue weighted by Crippen LogP contribution is 2.14. The second-order valence-corrected chi connectivity index (χ2v) is 2.54. The summed E-state index contributed by atoms with van der Waals surface area (Å²) in [5, 5.41) is 11.2. The van der Waals surface area contributed by atoms with Crippen LogP contribution >= 0.6 is 0 Å². The van der Waals surface area contributed by atoms with Gasteiger partial charge in [0.25, 0.3) is 0 Å². The lowest BCUT2D eigenvalue weighted by atomic mass is 10.2. The van der Waals surface area contributed by atoms with Crippen LogP contribution in [0.15, 0.2) is 6.07 Å². The fraction of sp³-hybridized carbons (Fsp3) is 0.250. The van der Waals surface area contributed by atoms with Gasteiger partial charge in [-0.2, -0.15) is 0 Å². The summed E-state index contributed by atoms with van der Waals surface area (Å²) in [7, 11) is 1.60. The van der Waals surface area contributed by atoms with Crippen molar-refractivity contribution in [1.29, 1.82) is 0 Å². The Bertz CT molecular complexity index is 352. The van der Waals surface area contributed by atoms with Gasteiger partial charge in [-0.25, -0.2) is 14.2 Å². The zero-order valence-electron chi connectivity index (χ0n) is 7.26. The summed E-state index contributed by atoms with van der Waals surface area (Å²) in [4.78, 5) is 14.1. The number of nitrogens with one attached hydrogen (secondary N) is 1. The monoisotopic (exact) mass is 184 g/mol. The number of nitrogens with zero attached hydrogens (tertiary/aromatic N) is 1. The Morgan fingerprint density at radius 1 is 1.69 bits per heavy atom. The van der Waals surface area contributed by atoms with E-state index in [9.17, 15) is 9.18 Å². The first-order valence-corrected chi connectivity index (χ1v) is 3.64. The highest BCUT2D eigenvalue weighted by Gasteiger charge is 2.14. The van der Waals surface area contributed by atoms with Gasteiger partial charge in [0.2, 0.25) is 0 Å². The zero-order chi connectivity index (χ0) is 10.0. The summed E-state index contributed by atoms with van der Waals surface area (Å²) in [5.74, 6) is -1.81. The van der Waals surface area contributed by atoms with Crippen molar-refractivity contribution in [3.63, 3.8) is 0 Å². The summed E-state index contributed by atoms with van der Waals surface area (Å²) in [6.45, 7) is 1.65. The molecule has 0 aromatic carbocycles. The molecule has 13 heavy (non-hydrogen) atoms. The smallest absolute Gasteiger partial charge is 0.357 e. The number of carboxylic acids is 1. The molecule has 0 saturated carbocycles. The number of pyridine rings is 1. The molecule has 1 heterocycles. The number of rotatable bonds is 2. The summed E-state index contributed by atoms with van der Waals surface area (Å²) in [5.41, 5.74) is 0.0138. The van der Waals surface area contributed by atoms with Crippen LogP contribution in [-0.4, -0.2) is 23.1 Å². The van der Waals surface area contributed by atoms with Crippen molar-refractivity contribution < 1.29 is 14.3 Å². The molecule has 0 aliphatic heterocycles. The number of halogens is 1. The molecule has 0 fully saturated rings. The van der Waals surface area contributed by atoms with E-state index >= 15 is 0 Å². The molecule has 0 atom stereocenters. The van der Waals surface area contributed by atoms with Gasteiger partial charge in [0.05, 0.1) is 0 Å². The topological polar surface area (TPSA) is 62.2 Å². The van der Waals surface area contributed by atoms with Gasteiger partial charge in [-0.15, -0.1) is 0 Å². The average Bonchev–Trinajstić information content (AvgIpc) is 2.03. The first-order chi connectivity index (χ1) is 6.06. The molecule has 1 rings (SSSR count). The van der Waals surface area contributed by atoms with Gasteiger partial charge < -0.3 is 10.4 Å². The molecule has 2 N–H and O–H groups in total. The summed E-state index contributed by atoms with van der Waals surface area (Å²) in [6.07, 6.45) is 0. The third-order valence-corrected chi connectivity index (χ3v) is 1.61. The largest absolute Gasteiger partial charge is 0.476 e. The standard InChI is InChI=1S/C8H9FN2O2/c1-4-3-5(9)6(8(12)13)11-7(4)10-2/h3H,1-2H3,(H,10,11)(H,12,13). The lowest BCUT2D eigenvalue weighted by Crippen LogP contribution is -2.08. The number of hydrogen-bond donors (Lipinski definition) is 2. The Morgan fingerprint density at radius 3 is 2.77 bits per heavy atom. The number of anilines is 1. The van der Waals surface area contributed by atoms with Crippen molar-refractivity contribution in [3.8, 4) is 0 Å². The third-order valence-electron chi connectivity index (χ3n) is 1.61. The van der Waals surface area contributed by atoms with Crippen molar-refractivity contribution >= 4 is 11.8 Å². The van der Waals surface area contributed by atoms with Crippen LogP contribution in [-0.2, 0) is 0 Å². The van der Waals surface area contributed by atoms with Crippen LogP contribution in [0.4, 0.5) is 10.2 Å². The predicted molar refractivity (Wildman–Crippen MR) is 45.4 cm³/mol. The minimum Gasteiger partial charge on any atom is -0.476 e. The van der Waals surface area contributed by atoms with Crippen LogP contribution in [0, 0.1) is 12.7 Å². The van der Waals surface area contributed by atoms with E-state index < -0.39 is 17.5 Å². The second-order valence-electron chi connectivity index (χ2n) is 2.54. The molecule has 5 heteroatoms. The van der Waals surface area contributed by atoms with E-state index in [1.165, 1.54) is 0 Å². The molecule has 0 aliphatic rings. The van der Waals surface area contributed by atoms with E-state index in [-0.39, 0.29) is 0 Å². The van der Waals surface area contributed by atoms with Gasteiger partial charge in [0, 0.05) is 7.05 Å². The highest BCUT2D eigenvalue weighted by molar-refractivity contribution is 5.86. The van der Waals surface area contributed by atoms with E-state index in [1.807, 2.05) is 0 Å². The van der Waals surface area contributed by atoms with Crippen LogP contribution < -0.4 is 5.32 Å². The Hall–Kier alpha value is -1.65. The van der Waals surface area contributed by atoms with Crippen LogP contribution in [0.25, 0.3) is 0 Å². The van der Waals surface area contributed by atoms with Gasteiger partial charge in [0.15, 0.2) is 11.5 Å². The Kier molecular flexibility index (Phi) is 2.46. The van der Waals surface area contributed by atoms with Gasteiger partial charge in [-0.1, -0.05) is 0 Å². The number of carboxylic acid groups (broad SMARTS) is 1. The zero-order valence-corrected chi connectivity index (χ0v) is 7.26. The normalized spacial score (nSPS) is 9.77.